The van der Waals surface area contributed by atoms with E-state index in [2.05, 4.69) is 21.2 Å². The van der Waals surface area contributed by atoms with Crippen molar-refractivity contribution in [2.75, 3.05) is 32.2 Å². The first-order chi connectivity index (χ1) is 16.5. The SMILES string of the molecule is COc1cc(/C=N\NC(=O)C(=O)NC[C@@H]2CCCO2)ccc1OCC(=O)Nc1ccccc1Cl. The van der Waals surface area contributed by atoms with E-state index in [1.165, 1.54) is 13.3 Å². The van der Waals surface area contributed by atoms with Gasteiger partial charge in [0.15, 0.2) is 18.1 Å². The van der Waals surface area contributed by atoms with Gasteiger partial charge < -0.3 is 24.8 Å². The van der Waals surface area contributed by atoms with Crippen molar-refractivity contribution < 1.29 is 28.6 Å². The van der Waals surface area contributed by atoms with Gasteiger partial charge >= 0.3 is 11.8 Å². The van der Waals surface area contributed by atoms with Gasteiger partial charge in [0.2, 0.25) is 0 Å². The highest BCUT2D eigenvalue weighted by Gasteiger charge is 2.19. The standard InChI is InChI=1S/C23H25ClN4O6/c1-32-20-11-15(12-26-28-23(31)22(30)25-13-16-5-4-10-33-16)8-9-19(20)34-14-21(29)27-18-7-3-2-6-17(18)24/h2-3,6-9,11-12,16H,4-5,10,13-14H2,1H3,(H,25,30)(H,27,29)(H,28,31)/b26-12-/t16-/m0/s1. The zero-order chi connectivity index (χ0) is 24.3. The first-order valence-corrected chi connectivity index (χ1v) is 10.9. The molecular formula is C23H25ClN4O6. The van der Waals surface area contributed by atoms with E-state index in [9.17, 15) is 14.4 Å². The van der Waals surface area contributed by atoms with Crippen molar-refractivity contribution in [1.29, 1.82) is 0 Å². The van der Waals surface area contributed by atoms with Gasteiger partial charge in [-0.3, -0.25) is 14.4 Å². The smallest absolute Gasteiger partial charge is 0.329 e. The Hall–Kier alpha value is -3.63. The summed E-state index contributed by atoms with van der Waals surface area (Å²) in [6.45, 7) is 0.692. The predicted octanol–water partition coefficient (Wildman–Crippen LogP) is 2.11. The van der Waals surface area contributed by atoms with E-state index >= 15 is 0 Å². The maximum absolute atomic E-state index is 12.1. The van der Waals surface area contributed by atoms with E-state index in [4.69, 9.17) is 25.8 Å². The van der Waals surface area contributed by atoms with Gasteiger partial charge in [0.1, 0.15) is 0 Å². The molecule has 0 bridgehead atoms. The predicted molar refractivity (Wildman–Crippen MR) is 126 cm³/mol. The molecule has 34 heavy (non-hydrogen) atoms. The number of rotatable bonds is 9. The molecule has 2 aromatic carbocycles. The number of para-hydroxylation sites is 1. The largest absolute Gasteiger partial charge is 0.493 e. The summed E-state index contributed by atoms with van der Waals surface area (Å²) < 4.78 is 16.2. The lowest BCUT2D eigenvalue weighted by Crippen LogP contribution is -2.41. The Balaban J connectivity index is 1.48. The molecule has 1 aliphatic rings. The van der Waals surface area contributed by atoms with E-state index < -0.39 is 11.8 Å². The molecule has 1 fully saturated rings. The maximum Gasteiger partial charge on any atom is 0.329 e. The van der Waals surface area contributed by atoms with Crippen molar-refractivity contribution in [3.63, 3.8) is 0 Å². The number of amides is 3. The average Bonchev–Trinajstić information content (AvgIpc) is 3.36. The normalized spacial score (nSPS) is 15.1. The molecule has 0 aromatic heterocycles. The fraction of sp³-hybridized carbons (Fsp3) is 0.304. The van der Waals surface area contributed by atoms with Gasteiger partial charge in [0.25, 0.3) is 5.91 Å². The van der Waals surface area contributed by atoms with Crippen LogP contribution in [-0.2, 0) is 19.1 Å². The Bertz CT molecular complexity index is 1060. The number of halogens is 1. The molecule has 3 N–H and O–H groups in total. The van der Waals surface area contributed by atoms with Crippen LogP contribution in [0.2, 0.25) is 5.02 Å². The Morgan fingerprint density at radius 2 is 2.00 bits per heavy atom. The van der Waals surface area contributed by atoms with Crippen molar-refractivity contribution >= 4 is 41.2 Å². The van der Waals surface area contributed by atoms with Crippen molar-refractivity contribution in [1.82, 2.24) is 10.7 Å². The molecule has 2 aromatic rings. The van der Waals surface area contributed by atoms with Crippen LogP contribution in [0.5, 0.6) is 11.5 Å². The quantitative estimate of drug-likeness (QED) is 0.282. The zero-order valence-corrected chi connectivity index (χ0v) is 19.3. The third-order valence-corrected chi connectivity index (χ3v) is 5.12. The number of hydrogen-bond donors (Lipinski definition) is 3. The van der Waals surface area contributed by atoms with Crippen LogP contribution in [-0.4, -0.2) is 56.9 Å². The van der Waals surface area contributed by atoms with E-state index in [-0.39, 0.29) is 25.2 Å². The number of carbonyl (C=O) groups excluding carboxylic acids is 3. The molecular weight excluding hydrogens is 464 g/mol. The molecule has 0 spiro atoms. The van der Waals surface area contributed by atoms with Crippen molar-refractivity contribution in [3.05, 3.63) is 53.1 Å². The topological polar surface area (TPSA) is 127 Å². The van der Waals surface area contributed by atoms with Gasteiger partial charge in [-0.05, 0) is 48.7 Å². The average molecular weight is 489 g/mol. The lowest BCUT2D eigenvalue weighted by atomic mass is 10.2. The first kappa shape index (κ1) is 25.0. The van der Waals surface area contributed by atoms with E-state index in [1.807, 2.05) is 0 Å². The monoisotopic (exact) mass is 488 g/mol. The number of nitrogens with zero attached hydrogens (tertiary/aromatic N) is 1. The molecule has 180 valence electrons. The highest BCUT2D eigenvalue weighted by Crippen LogP contribution is 2.27. The van der Waals surface area contributed by atoms with Crippen molar-refractivity contribution in [3.8, 4) is 11.5 Å². The maximum atomic E-state index is 12.1. The minimum atomic E-state index is -0.884. The lowest BCUT2D eigenvalue weighted by molar-refractivity contribution is -0.139. The molecule has 0 saturated carbocycles. The Labute approximate surface area is 201 Å². The molecule has 1 heterocycles. The van der Waals surface area contributed by atoms with Crippen molar-refractivity contribution in [2.45, 2.75) is 18.9 Å². The number of anilines is 1. The second-order valence-electron chi connectivity index (χ2n) is 7.27. The summed E-state index contributed by atoms with van der Waals surface area (Å²) in [7, 11) is 1.45. The Morgan fingerprint density at radius 1 is 1.18 bits per heavy atom. The number of carbonyl (C=O) groups is 3. The molecule has 3 amide bonds. The van der Waals surface area contributed by atoms with Gasteiger partial charge in [0.05, 0.1) is 30.1 Å². The second-order valence-corrected chi connectivity index (χ2v) is 7.68. The number of hydrogen-bond acceptors (Lipinski definition) is 7. The minimum absolute atomic E-state index is 0.0596. The molecule has 3 rings (SSSR count). The van der Waals surface area contributed by atoms with Gasteiger partial charge in [-0.15, -0.1) is 0 Å². The van der Waals surface area contributed by atoms with Crippen LogP contribution < -0.4 is 25.5 Å². The van der Waals surface area contributed by atoms with E-state index in [0.29, 0.717) is 34.4 Å². The molecule has 0 aliphatic carbocycles. The van der Waals surface area contributed by atoms with Gasteiger partial charge in [-0.25, -0.2) is 5.43 Å². The fourth-order valence-electron chi connectivity index (χ4n) is 3.08. The third kappa shape index (κ3) is 7.46. The highest BCUT2D eigenvalue weighted by atomic mass is 35.5. The summed E-state index contributed by atoms with van der Waals surface area (Å²) in [4.78, 5) is 35.8. The molecule has 1 atom stereocenters. The molecule has 1 aliphatic heterocycles. The summed E-state index contributed by atoms with van der Waals surface area (Å²) in [5.41, 5.74) is 3.23. The summed E-state index contributed by atoms with van der Waals surface area (Å²) in [5.74, 6) is -1.36. The lowest BCUT2D eigenvalue weighted by Gasteiger charge is -2.12. The number of ether oxygens (including phenoxy) is 3. The second kappa shape index (κ2) is 12.6. The van der Waals surface area contributed by atoms with Crippen LogP contribution in [0.3, 0.4) is 0 Å². The number of hydrazone groups is 1. The Kier molecular flexibility index (Phi) is 9.24. The van der Waals surface area contributed by atoms with Crippen LogP contribution in [0.15, 0.2) is 47.6 Å². The van der Waals surface area contributed by atoms with Crippen LogP contribution in [0.25, 0.3) is 0 Å². The van der Waals surface area contributed by atoms with Crippen LogP contribution in [0.1, 0.15) is 18.4 Å². The highest BCUT2D eigenvalue weighted by molar-refractivity contribution is 6.35. The zero-order valence-electron chi connectivity index (χ0n) is 18.5. The number of nitrogens with one attached hydrogen (secondary N) is 3. The minimum Gasteiger partial charge on any atom is -0.493 e. The van der Waals surface area contributed by atoms with Crippen LogP contribution >= 0.6 is 11.6 Å². The van der Waals surface area contributed by atoms with E-state index in [1.54, 1.807) is 42.5 Å². The van der Waals surface area contributed by atoms with Crippen LogP contribution in [0.4, 0.5) is 5.69 Å². The van der Waals surface area contributed by atoms with Gasteiger partial charge in [-0.2, -0.15) is 5.10 Å². The summed E-state index contributed by atoms with van der Waals surface area (Å²) >= 11 is 6.03. The Morgan fingerprint density at radius 3 is 2.74 bits per heavy atom. The van der Waals surface area contributed by atoms with Crippen LogP contribution in [0, 0.1) is 0 Å². The summed E-state index contributed by atoms with van der Waals surface area (Å²) in [5, 5.41) is 9.39. The molecule has 1 saturated heterocycles. The van der Waals surface area contributed by atoms with E-state index in [0.717, 1.165) is 12.8 Å². The number of methoxy groups -OCH3 is 1. The molecule has 10 nitrogen and oxygen atoms in total. The third-order valence-electron chi connectivity index (χ3n) is 4.79. The number of benzene rings is 2. The molecule has 11 heteroatoms. The van der Waals surface area contributed by atoms with Gasteiger partial charge in [0, 0.05) is 13.2 Å². The van der Waals surface area contributed by atoms with Gasteiger partial charge in [-0.1, -0.05) is 23.7 Å². The summed E-state index contributed by atoms with van der Waals surface area (Å²) in [6.07, 6.45) is 3.09. The molecule has 0 radical (unpaired) electrons. The van der Waals surface area contributed by atoms with Crippen molar-refractivity contribution in [2.24, 2.45) is 5.10 Å². The first-order valence-electron chi connectivity index (χ1n) is 10.5. The summed E-state index contributed by atoms with van der Waals surface area (Å²) in [6, 6.07) is 11.7. The molecule has 0 unspecified atom stereocenters. The fourth-order valence-corrected chi connectivity index (χ4v) is 3.27.